The fourth-order valence-corrected chi connectivity index (χ4v) is 4.28. The number of esters is 1. The van der Waals surface area contributed by atoms with Crippen LogP contribution in [0.3, 0.4) is 0 Å². The van der Waals surface area contributed by atoms with Crippen molar-refractivity contribution < 1.29 is 14.3 Å². The fraction of sp³-hybridized carbons (Fsp3) is 0.346. The van der Waals surface area contributed by atoms with Gasteiger partial charge in [-0.1, -0.05) is 53.6 Å². The molecule has 0 fully saturated rings. The molecular formula is C26H29ClN2O3. The quantitative estimate of drug-likeness (QED) is 0.402. The first kappa shape index (κ1) is 23.7. The molecule has 0 aliphatic carbocycles. The van der Waals surface area contributed by atoms with Crippen LogP contribution in [0.5, 0.6) is 0 Å². The van der Waals surface area contributed by atoms with Crippen LogP contribution in [-0.4, -0.2) is 39.7 Å². The highest BCUT2D eigenvalue weighted by Crippen LogP contribution is 2.38. The zero-order valence-electron chi connectivity index (χ0n) is 18.9. The minimum Gasteiger partial charge on any atom is -0.468 e. The normalized spacial score (nSPS) is 18.6. The average molecular weight is 453 g/mol. The van der Waals surface area contributed by atoms with Crippen molar-refractivity contribution in [2.24, 2.45) is 10.9 Å². The Balaban J connectivity index is 1.95. The fourth-order valence-electron chi connectivity index (χ4n) is 3.98. The van der Waals surface area contributed by atoms with Crippen molar-refractivity contribution in [2.75, 3.05) is 26.1 Å². The first-order valence-corrected chi connectivity index (χ1v) is 11.0. The van der Waals surface area contributed by atoms with Gasteiger partial charge in [-0.2, -0.15) is 0 Å². The van der Waals surface area contributed by atoms with Gasteiger partial charge in [-0.25, -0.2) is 0 Å². The Morgan fingerprint density at radius 2 is 1.94 bits per heavy atom. The van der Waals surface area contributed by atoms with E-state index in [4.69, 9.17) is 16.3 Å². The van der Waals surface area contributed by atoms with Crippen molar-refractivity contribution in [3.8, 4) is 0 Å². The Labute approximate surface area is 194 Å². The molecular weight excluding hydrogens is 424 g/mol. The predicted molar refractivity (Wildman–Crippen MR) is 130 cm³/mol. The maximum Gasteiger partial charge on any atom is 0.315 e. The number of aryl methyl sites for hydroxylation is 1. The third-order valence-corrected chi connectivity index (χ3v) is 6.21. The van der Waals surface area contributed by atoms with Crippen molar-refractivity contribution in [3.05, 3.63) is 76.0 Å². The summed E-state index contributed by atoms with van der Waals surface area (Å²) in [5.41, 5.74) is 4.92. The molecule has 0 radical (unpaired) electrons. The molecule has 3 atom stereocenters. The molecule has 0 amide bonds. The lowest BCUT2D eigenvalue weighted by molar-refractivity contribution is -0.143. The third-order valence-electron chi connectivity index (χ3n) is 5.88. The maximum absolute atomic E-state index is 12.5. The highest BCUT2D eigenvalue weighted by molar-refractivity contribution is 6.31. The first-order chi connectivity index (χ1) is 15.3. The smallest absolute Gasteiger partial charge is 0.315 e. The van der Waals surface area contributed by atoms with E-state index in [0.717, 1.165) is 28.8 Å². The van der Waals surface area contributed by atoms with Crippen LogP contribution in [0, 0.1) is 12.8 Å². The lowest BCUT2D eigenvalue weighted by Gasteiger charge is -2.26. The largest absolute Gasteiger partial charge is 0.468 e. The molecule has 2 aromatic carbocycles. The number of ether oxygens (including phenoxy) is 1. The van der Waals surface area contributed by atoms with E-state index in [1.54, 1.807) is 6.21 Å². The number of carbonyl (C=O) groups is 2. The van der Waals surface area contributed by atoms with Crippen LogP contribution in [0.15, 0.2) is 59.2 Å². The zero-order valence-corrected chi connectivity index (χ0v) is 19.7. The number of carbonyl (C=O) groups excluding carboxylic acids is 2. The van der Waals surface area contributed by atoms with Crippen LogP contribution in [0.4, 0.5) is 5.69 Å². The molecule has 0 saturated heterocycles. The van der Waals surface area contributed by atoms with Gasteiger partial charge in [-0.3, -0.25) is 9.79 Å². The number of aldehydes is 1. The SMILES string of the molecule is COC(=O)C1C=NC(CC(CC=O)c2ccc(C)cc2)=CC1c1ccc(N(C)C)cc1Cl. The molecule has 32 heavy (non-hydrogen) atoms. The van der Waals surface area contributed by atoms with Gasteiger partial charge in [0.25, 0.3) is 0 Å². The molecule has 5 nitrogen and oxygen atoms in total. The summed E-state index contributed by atoms with van der Waals surface area (Å²) in [4.78, 5) is 30.4. The molecule has 1 aliphatic rings. The number of benzene rings is 2. The first-order valence-electron chi connectivity index (χ1n) is 10.6. The minimum absolute atomic E-state index is 0.0124. The number of anilines is 1. The summed E-state index contributed by atoms with van der Waals surface area (Å²) in [6, 6.07) is 14.0. The lowest BCUT2D eigenvalue weighted by Crippen LogP contribution is -2.27. The van der Waals surface area contributed by atoms with Gasteiger partial charge in [0.05, 0.1) is 7.11 Å². The number of aliphatic imine (C=N–C) groups is 1. The standard InChI is InChI=1S/C26H29ClN2O3/c1-17-5-7-18(8-6-17)19(11-12-30)13-20-14-23(24(16-28-20)26(31)32-4)22-10-9-21(29(2)3)15-25(22)27/h5-10,12,14-16,19,23-24H,11,13H2,1-4H3. The molecule has 1 aliphatic heterocycles. The van der Waals surface area contributed by atoms with Crippen molar-refractivity contribution >= 4 is 35.8 Å². The summed E-state index contributed by atoms with van der Waals surface area (Å²) in [7, 11) is 5.28. The highest BCUT2D eigenvalue weighted by Gasteiger charge is 2.32. The minimum atomic E-state index is -0.560. The van der Waals surface area contributed by atoms with E-state index in [9.17, 15) is 9.59 Å². The summed E-state index contributed by atoms with van der Waals surface area (Å²) in [5, 5.41) is 0.587. The Kier molecular flexibility index (Phi) is 7.86. The van der Waals surface area contributed by atoms with E-state index >= 15 is 0 Å². The molecule has 0 N–H and O–H groups in total. The number of methoxy groups -OCH3 is 1. The number of nitrogens with zero attached hydrogens (tertiary/aromatic N) is 2. The molecule has 0 spiro atoms. The van der Waals surface area contributed by atoms with Crippen LogP contribution in [-0.2, 0) is 14.3 Å². The molecule has 168 valence electrons. The van der Waals surface area contributed by atoms with Gasteiger partial charge in [0, 0.05) is 49.1 Å². The Morgan fingerprint density at radius 3 is 2.53 bits per heavy atom. The molecule has 1 heterocycles. The summed E-state index contributed by atoms with van der Waals surface area (Å²) in [6.07, 6.45) is 5.58. The van der Waals surface area contributed by atoms with Gasteiger partial charge < -0.3 is 14.4 Å². The second-order valence-electron chi connectivity index (χ2n) is 8.33. The number of rotatable bonds is 8. The summed E-state index contributed by atoms with van der Waals surface area (Å²) < 4.78 is 5.02. The van der Waals surface area contributed by atoms with E-state index in [2.05, 4.69) is 17.1 Å². The number of hydrogen-bond acceptors (Lipinski definition) is 5. The second-order valence-corrected chi connectivity index (χ2v) is 8.73. The van der Waals surface area contributed by atoms with E-state index in [1.807, 2.05) is 62.3 Å². The Hall–Kier alpha value is -2.92. The third kappa shape index (κ3) is 5.46. The zero-order chi connectivity index (χ0) is 23.3. The molecule has 3 rings (SSSR count). The highest BCUT2D eigenvalue weighted by atomic mass is 35.5. The van der Waals surface area contributed by atoms with E-state index in [1.165, 1.54) is 12.7 Å². The summed E-state index contributed by atoms with van der Waals surface area (Å²) in [6.45, 7) is 2.04. The molecule has 3 unspecified atom stereocenters. The van der Waals surface area contributed by atoms with Crippen LogP contribution < -0.4 is 4.90 Å². The van der Waals surface area contributed by atoms with E-state index < -0.39 is 5.92 Å². The van der Waals surface area contributed by atoms with Gasteiger partial charge in [0.2, 0.25) is 0 Å². The summed E-state index contributed by atoms with van der Waals surface area (Å²) >= 11 is 6.64. The van der Waals surface area contributed by atoms with Crippen LogP contribution in [0.1, 0.15) is 41.4 Å². The number of allylic oxidation sites excluding steroid dienone is 2. The number of halogens is 1. The van der Waals surface area contributed by atoms with Crippen molar-refractivity contribution in [2.45, 2.75) is 31.6 Å². The monoisotopic (exact) mass is 452 g/mol. The second kappa shape index (κ2) is 10.6. The van der Waals surface area contributed by atoms with Crippen molar-refractivity contribution in [3.63, 3.8) is 0 Å². The topological polar surface area (TPSA) is 59.0 Å². The molecule has 0 aromatic heterocycles. The Morgan fingerprint density at radius 1 is 1.22 bits per heavy atom. The van der Waals surface area contributed by atoms with Crippen molar-refractivity contribution in [1.29, 1.82) is 0 Å². The van der Waals surface area contributed by atoms with Gasteiger partial charge in [0.15, 0.2) is 0 Å². The van der Waals surface area contributed by atoms with Crippen molar-refractivity contribution in [1.82, 2.24) is 0 Å². The van der Waals surface area contributed by atoms with Gasteiger partial charge >= 0.3 is 5.97 Å². The van der Waals surface area contributed by atoms with Crippen LogP contribution in [0.25, 0.3) is 0 Å². The molecule has 2 aromatic rings. The lowest BCUT2D eigenvalue weighted by atomic mass is 9.82. The van der Waals surface area contributed by atoms with Gasteiger partial charge in [-0.15, -0.1) is 0 Å². The van der Waals surface area contributed by atoms with Gasteiger partial charge in [0.1, 0.15) is 12.2 Å². The summed E-state index contributed by atoms with van der Waals surface area (Å²) in [5.74, 6) is -1.20. The average Bonchev–Trinajstić information content (AvgIpc) is 2.78. The molecule has 0 bridgehead atoms. The number of hydrogen-bond donors (Lipinski definition) is 0. The molecule has 6 heteroatoms. The predicted octanol–water partition coefficient (Wildman–Crippen LogP) is 5.32. The van der Waals surface area contributed by atoms with Crippen LogP contribution in [0.2, 0.25) is 5.02 Å². The van der Waals surface area contributed by atoms with Gasteiger partial charge in [-0.05, 0) is 42.5 Å². The molecule has 0 saturated carbocycles. The van der Waals surface area contributed by atoms with E-state index in [0.29, 0.717) is 17.9 Å². The van der Waals surface area contributed by atoms with E-state index in [-0.39, 0.29) is 17.8 Å². The van der Waals surface area contributed by atoms with Crippen LogP contribution >= 0.6 is 11.6 Å². The maximum atomic E-state index is 12.5. The Bertz CT molecular complexity index is 1030.